The van der Waals surface area contributed by atoms with Crippen molar-refractivity contribution >= 4 is 27.8 Å². The second kappa shape index (κ2) is 9.92. The van der Waals surface area contributed by atoms with Crippen LogP contribution in [0.2, 0.25) is 0 Å². The summed E-state index contributed by atoms with van der Waals surface area (Å²) in [7, 11) is -2.20. The molecule has 0 atom stereocenters. The quantitative estimate of drug-likeness (QED) is 0.497. The van der Waals surface area contributed by atoms with Gasteiger partial charge >= 0.3 is 0 Å². The molecule has 29 heavy (non-hydrogen) atoms. The molecule has 0 aliphatic rings. The number of anilines is 1. The van der Waals surface area contributed by atoms with Gasteiger partial charge in [0.1, 0.15) is 18.0 Å². The third kappa shape index (κ3) is 7.11. The number of ether oxygens (including phenoxy) is 2. The zero-order valence-corrected chi connectivity index (χ0v) is 17.6. The van der Waals surface area contributed by atoms with Crippen LogP contribution >= 0.6 is 0 Å². The average molecular weight is 420 g/mol. The van der Waals surface area contributed by atoms with E-state index in [1.54, 1.807) is 48.5 Å². The number of sulfonamides is 1. The van der Waals surface area contributed by atoms with E-state index < -0.39 is 22.5 Å². The lowest BCUT2D eigenvalue weighted by atomic mass is 10.2. The van der Waals surface area contributed by atoms with Crippen LogP contribution in [0.3, 0.4) is 0 Å². The Morgan fingerprint density at radius 2 is 1.86 bits per heavy atom. The highest BCUT2D eigenvalue weighted by atomic mass is 32.2. The summed E-state index contributed by atoms with van der Waals surface area (Å²) < 4.78 is 35.9. The van der Waals surface area contributed by atoms with Crippen LogP contribution in [0, 0.1) is 0 Å². The van der Waals surface area contributed by atoms with Crippen molar-refractivity contribution in [2.45, 2.75) is 20.0 Å². The first-order valence-corrected chi connectivity index (χ1v) is 10.7. The first-order valence-electron chi connectivity index (χ1n) is 8.89. The number of nitrogens with zero attached hydrogens (tertiary/aromatic N) is 2. The summed E-state index contributed by atoms with van der Waals surface area (Å²) in [6.07, 6.45) is 2.58. The highest BCUT2D eigenvalue weighted by Crippen LogP contribution is 2.22. The van der Waals surface area contributed by atoms with Gasteiger partial charge in [-0.2, -0.15) is 5.10 Å². The van der Waals surface area contributed by atoms with Crippen LogP contribution in [0.1, 0.15) is 19.4 Å². The first kappa shape index (κ1) is 22.2. The van der Waals surface area contributed by atoms with Gasteiger partial charge in [0.2, 0.25) is 10.0 Å². The monoisotopic (exact) mass is 419 g/mol. The highest BCUT2D eigenvalue weighted by Gasteiger charge is 2.21. The molecule has 0 aromatic heterocycles. The van der Waals surface area contributed by atoms with Crippen LogP contribution in [-0.4, -0.2) is 46.6 Å². The Labute approximate surface area is 171 Å². The fourth-order valence-corrected chi connectivity index (χ4v) is 3.26. The number of carbonyl (C=O) groups is 1. The first-order chi connectivity index (χ1) is 13.7. The van der Waals surface area contributed by atoms with Crippen molar-refractivity contribution in [1.82, 2.24) is 5.43 Å². The lowest BCUT2D eigenvalue weighted by Gasteiger charge is -2.21. The zero-order valence-electron chi connectivity index (χ0n) is 16.8. The SMILES string of the molecule is COc1cccc(N(CC(=O)N/N=C\c2ccc(OC(C)C)cc2)S(C)(=O)=O)c1. The molecular weight excluding hydrogens is 394 g/mol. The van der Waals surface area contributed by atoms with E-state index in [-0.39, 0.29) is 6.10 Å². The van der Waals surface area contributed by atoms with Crippen LogP contribution in [-0.2, 0) is 14.8 Å². The molecular formula is C20H25N3O5S. The molecule has 0 unspecified atom stereocenters. The van der Waals surface area contributed by atoms with Gasteiger partial charge in [0.05, 0.1) is 31.4 Å². The van der Waals surface area contributed by atoms with E-state index in [1.807, 2.05) is 13.8 Å². The average Bonchev–Trinajstić information content (AvgIpc) is 2.66. The predicted molar refractivity (Wildman–Crippen MR) is 113 cm³/mol. The minimum absolute atomic E-state index is 0.0798. The third-order valence-electron chi connectivity index (χ3n) is 3.68. The number of rotatable bonds is 9. The van der Waals surface area contributed by atoms with Crippen LogP contribution < -0.4 is 19.2 Å². The summed E-state index contributed by atoms with van der Waals surface area (Å²) >= 11 is 0. The largest absolute Gasteiger partial charge is 0.497 e. The van der Waals surface area contributed by atoms with E-state index in [0.717, 1.165) is 21.9 Å². The predicted octanol–water partition coefficient (Wildman–Crippen LogP) is 2.40. The summed E-state index contributed by atoms with van der Waals surface area (Å²) in [4.78, 5) is 12.2. The molecule has 0 aliphatic carbocycles. The lowest BCUT2D eigenvalue weighted by Crippen LogP contribution is -2.39. The topological polar surface area (TPSA) is 97.3 Å². The molecule has 2 aromatic rings. The normalized spacial score (nSPS) is 11.5. The Bertz CT molecular complexity index is 956. The van der Waals surface area contributed by atoms with Crippen molar-refractivity contribution in [2.75, 3.05) is 24.2 Å². The van der Waals surface area contributed by atoms with Gasteiger partial charge in [-0.15, -0.1) is 0 Å². The number of carbonyl (C=O) groups excluding carboxylic acids is 1. The number of nitrogens with one attached hydrogen (secondary N) is 1. The molecule has 0 spiro atoms. The molecule has 0 aliphatic heterocycles. The van der Waals surface area contributed by atoms with Gasteiger partial charge in [-0.1, -0.05) is 6.07 Å². The Morgan fingerprint density at radius 3 is 2.45 bits per heavy atom. The number of benzene rings is 2. The molecule has 1 N–H and O–H groups in total. The summed E-state index contributed by atoms with van der Waals surface area (Å²) in [6.45, 7) is 3.47. The van der Waals surface area contributed by atoms with E-state index >= 15 is 0 Å². The number of hydrazone groups is 1. The minimum Gasteiger partial charge on any atom is -0.497 e. The van der Waals surface area contributed by atoms with Gasteiger partial charge in [0, 0.05) is 6.07 Å². The van der Waals surface area contributed by atoms with Crippen molar-refractivity contribution in [3.63, 3.8) is 0 Å². The summed E-state index contributed by atoms with van der Waals surface area (Å²) in [5.74, 6) is 0.650. The minimum atomic E-state index is -3.68. The Kier molecular flexibility index (Phi) is 7.60. The second-order valence-corrected chi connectivity index (χ2v) is 8.41. The molecule has 2 aromatic carbocycles. The van der Waals surface area contributed by atoms with Crippen molar-refractivity contribution in [3.8, 4) is 11.5 Å². The molecule has 0 radical (unpaired) electrons. The van der Waals surface area contributed by atoms with Crippen molar-refractivity contribution < 1.29 is 22.7 Å². The summed E-state index contributed by atoms with van der Waals surface area (Å²) in [5, 5.41) is 3.88. The fourth-order valence-electron chi connectivity index (χ4n) is 2.41. The number of hydrogen-bond donors (Lipinski definition) is 1. The van der Waals surface area contributed by atoms with Gasteiger partial charge in [-0.05, 0) is 55.8 Å². The van der Waals surface area contributed by atoms with Gasteiger partial charge in [0.25, 0.3) is 5.91 Å². The molecule has 0 heterocycles. The molecule has 8 nitrogen and oxygen atoms in total. The Balaban J connectivity index is 2.02. The van der Waals surface area contributed by atoms with E-state index in [2.05, 4.69) is 10.5 Å². The summed E-state index contributed by atoms with van der Waals surface area (Å²) in [5.41, 5.74) is 3.42. The second-order valence-electron chi connectivity index (χ2n) is 6.50. The lowest BCUT2D eigenvalue weighted by molar-refractivity contribution is -0.119. The standard InChI is InChI=1S/C20H25N3O5S/c1-15(2)28-18-10-8-16(9-11-18)13-21-22-20(24)14-23(29(4,25)26)17-6-5-7-19(12-17)27-3/h5-13,15H,14H2,1-4H3,(H,22,24)/b21-13-. The Hall–Kier alpha value is -3.07. The van der Waals surface area contributed by atoms with Crippen molar-refractivity contribution in [1.29, 1.82) is 0 Å². The van der Waals surface area contributed by atoms with Crippen LogP contribution in [0.4, 0.5) is 5.69 Å². The fraction of sp³-hybridized carbons (Fsp3) is 0.300. The van der Waals surface area contributed by atoms with Gasteiger partial charge < -0.3 is 9.47 Å². The van der Waals surface area contributed by atoms with Crippen molar-refractivity contribution in [2.24, 2.45) is 5.10 Å². The third-order valence-corrected chi connectivity index (χ3v) is 4.82. The van der Waals surface area contributed by atoms with E-state index in [9.17, 15) is 13.2 Å². The number of hydrogen-bond acceptors (Lipinski definition) is 6. The molecule has 9 heteroatoms. The molecule has 156 valence electrons. The number of methoxy groups -OCH3 is 1. The maximum Gasteiger partial charge on any atom is 0.260 e. The summed E-state index contributed by atoms with van der Waals surface area (Å²) in [6, 6.07) is 13.7. The van der Waals surface area contributed by atoms with Crippen LogP contribution in [0.5, 0.6) is 11.5 Å². The maximum atomic E-state index is 12.2. The molecule has 0 fully saturated rings. The van der Waals surface area contributed by atoms with Gasteiger partial charge in [-0.3, -0.25) is 9.10 Å². The molecule has 0 saturated carbocycles. The zero-order chi connectivity index (χ0) is 21.4. The smallest absolute Gasteiger partial charge is 0.260 e. The molecule has 0 bridgehead atoms. The van der Waals surface area contributed by atoms with Gasteiger partial charge in [0.15, 0.2) is 0 Å². The number of amides is 1. The highest BCUT2D eigenvalue weighted by molar-refractivity contribution is 7.92. The van der Waals surface area contributed by atoms with E-state index in [0.29, 0.717) is 11.4 Å². The molecule has 2 rings (SSSR count). The van der Waals surface area contributed by atoms with Crippen LogP contribution in [0.25, 0.3) is 0 Å². The van der Waals surface area contributed by atoms with Gasteiger partial charge in [-0.25, -0.2) is 13.8 Å². The Morgan fingerprint density at radius 1 is 1.17 bits per heavy atom. The molecule has 0 saturated heterocycles. The molecule has 1 amide bonds. The maximum absolute atomic E-state index is 12.2. The van der Waals surface area contributed by atoms with E-state index in [1.165, 1.54) is 13.3 Å². The van der Waals surface area contributed by atoms with E-state index in [4.69, 9.17) is 9.47 Å². The van der Waals surface area contributed by atoms with Crippen molar-refractivity contribution in [3.05, 3.63) is 54.1 Å². The van der Waals surface area contributed by atoms with Crippen LogP contribution in [0.15, 0.2) is 53.6 Å².